The Labute approximate surface area is 130 Å². The molecule has 110 valence electrons. The van der Waals surface area contributed by atoms with Gasteiger partial charge < -0.3 is 5.73 Å². The molecule has 2 unspecified atom stereocenters. The van der Waals surface area contributed by atoms with E-state index in [9.17, 15) is 0 Å². The van der Waals surface area contributed by atoms with Crippen LogP contribution in [0.2, 0.25) is 0 Å². The number of nitrogens with two attached hydrogens (primary N) is 1. The fourth-order valence-electron chi connectivity index (χ4n) is 3.07. The number of benzene rings is 1. The van der Waals surface area contributed by atoms with E-state index < -0.39 is 0 Å². The Balaban J connectivity index is 1.78. The highest BCUT2D eigenvalue weighted by molar-refractivity contribution is 9.10. The fourth-order valence-corrected chi connectivity index (χ4v) is 3.34. The topological polar surface area (TPSA) is 29.3 Å². The molecular weight excluding hydrogens is 312 g/mol. The van der Waals surface area contributed by atoms with E-state index in [1.165, 1.54) is 44.3 Å². The van der Waals surface area contributed by atoms with Crippen LogP contribution < -0.4 is 5.73 Å². The highest BCUT2D eigenvalue weighted by atomic mass is 79.9. The molecule has 2 nitrogen and oxygen atoms in total. The predicted octanol–water partition coefficient (Wildman–Crippen LogP) is 3.96. The van der Waals surface area contributed by atoms with Crippen LogP contribution in [0.3, 0.4) is 0 Å². The van der Waals surface area contributed by atoms with Gasteiger partial charge in [-0.05, 0) is 62.1 Å². The van der Waals surface area contributed by atoms with Gasteiger partial charge in [0.05, 0.1) is 0 Å². The van der Waals surface area contributed by atoms with E-state index in [-0.39, 0.29) is 6.04 Å². The van der Waals surface area contributed by atoms with Crippen LogP contribution in [-0.4, -0.2) is 24.0 Å². The van der Waals surface area contributed by atoms with Crippen LogP contribution in [0.1, 0.15) is 44.2 Å². The third-order valence-electron chi connectivity index (χ3n) is 4.48. The fraction of sp³-hybridized carbons (Fsp3) is 0.647. The molecule has 2 aliphatic rings. The first-order valence-electron chi connectivity index (χ1n) is 7.88. The smallest absolute Gasteiger partial charge is 0.0496 e. The molecule has 2 aliphatic carbocycles. The molecule has 0 amide bonds. The van der Waals surface area contributed by atoms with Crippen LogP contribution in [0.15, 0.2) is 28.7 Å². The summed E-state index contributed by atoms with van der Waals surface area (Å²) in [4.78, 5) is 2.67. The summed E-state index contributed by atoms with van der Waals surface area (Å²) in [5.74, 6) is 1.84. The van der Waals surface area contributed by atoms with E-state index in [2.05, 4.69) is 52.0 Å². The van der Waals surface area contributed by atoms with E-state index in [1.807, 2.05) is 0 Å². The quantitative estimate of drug-likeness (QED) is 0.816. The lowest BCUT2D eigenvalue weighted by molar-refractivity contribution is 0.161. The molecule has 0 heterocycles. The number of hydrogen-bond acceptors (Lipinski definition) is 2. The maximum atomic E-state index is 6.35. The van der Waals surface area contributed by atoms with Crippen molar-refractivity contribution in [1.29, 1.82) is 0 Å². The zero-order chi connectivity index (χ0) is 14.1. The average molecular weight is 337 g/mol. The first-order chi connectivity index (χ1) is 9.63. The van der Waals surface area contributed by atoms with Gasteiger partial charge in [0.15, 0.2) is 0 Å². The van der Waals surface area contributed by atoms with Gasteiger partial charge in [0.2, 0.25) is 0 Å². The monoisotopic (exact) mass is 336 g/mol. The number of rotatable bonds is 7. The molecular formula is C17H25BrN2. The molecule has 2 saturated carbocycles. The van der Waals surface area contributed by atoms with E-state index in [0.29, 0.717) is 6.04 Å². The summed E-state index contributed by atoms with van der Waals surface area (Å²) in [5.41, 5.74) is 7.71. The van der Waals surface area contributed by atoms with Crippen LogP contribution in [0.5, 0.6) is 0 Å². The van der Waals surface area contributed by atoms with Crippen molar-refractivity contribution in [2.45, 2.75) is 44.7 Å². The first-order valence-corrected chi connectivity index (χ1v) is 8.68. The van der Waals surface area contributed by atoms with Gasteiger partial charge >= 0.3 is 0 Å². The zero-order valence-electron chi connectivity index (χ0n) is 12.3. The number of hydrogen-bond donors (Lipinski definition) is 1. The van der Waals surface area contributed by atoms with E-state index >= 15 is 0 Å². The zero-order valence-corrected chi connectivity index (χ0v) is 13.8. The lowest BCUT2D eigenvalue weighted by Crippen LogP contribution is -2.41. The maximum Gasteiger partial charge on any atom is 0.0496 e. The molecule has 1 aromatic carbocycles. The third kappa shape index (κ3) is 3.84. The molecule has 0 aromatic heterocycles. The second kappa shape index (κ2) is 6.17. The van der Waals surface area contributed by atoms with Gasteiger partial charge in [0.1, 0.15) is 0 Å². The molecule has 0 aliphatic heterocycles. The molecule has 3 heteroatoms. The standard InChI is InChI=1S/C17H25BrN2/c1-12(19)17(15-6-8-16(18)9-7-15)20(10-13-2-3-13)11-14-4-5-14/h6-9,12-14,17H,2-5,10-11,19H2,1H3. The normalized spacial score (nSPS) is 22.0. The SMILES string of the molecule is CC(N)C(c1ccc(Br)cc1)N(CC1CC1)CC1CC1. The highest BCUT2D eigenvalue weighted by Gasteiger charge is 2.34. The minimum atomic E-state index is 0.175. The van der Waals surface area contributed by atoms with Gasteiger partial charge in [-0.2, -0.15) is 0 Å². The Hall–Kier alpha value is -0.380. The summed E-state index contributed by atoms with van der Waals surface area (Å²) >= 11 is 3.52. The Kier molecular flexibility index (Phi) is 4.49. The third-order valence-corrected chi connectivity index (χ3v) is 5.01. The summed E-state index contributed by atoms with van der Waals surface area (Å²) in [7, 11) is 0. The molecule has 3 rings (SSSR count). The van der Waals surface area contributed by atoms with Crippen molar-refractivity contribution in [3.8, 4) is 0 Å². The van der Waals surface area contributed by atoms with Gasteiger partial charge in [-0.15, -0.1) is 0 Å². The van der Waals surface area contributed by atoms with Gasteiger partial charge in [0, 0.05) is 29.6 Å². The lowest BCUT2D eigenvalue weighted by Gasteiger charge is -2.35. The van der Waals surface area contributed by atoms with Crippen molar-refractivity contribution in [2.75, 3.05) is 13.1 Å². The summed E-state index contributed by atoms with van der Waals surface area (Å²) < 4.78 is 1.14. The van der Waals surface area contributed by atoms with Crippen molar-refractivity contribution in [2.24, 2.45) is 17.6 Å². The molecule has 0 spiro atoms. The second-order valence-corrected chi connectivity index (χ2v) is 7.61. The minimum absolute atomic E-state index is 0.175. The van der Waals surface area contributed by atoms with Crippen LogP contribution >= 0.6 is 15.9 Å². The van der Waals surface area contributed by atoms with Crippen LogP contribution in [0.25, 0.3) is 0 Å². The summed E-state index contributed by atoms with van der Waals surface area (Å²) in [6.45, 7) is 4.62. The van der Waals surface area contributed by atoms with Gasteiger partial charge in [-0.3, -0.25) is 4.90 Å². The van der Waals surface area contributed by atoms with E-state index in [0.717, 1.165) is 16.3 Å². The molecule has 0 radical (unpaired) electrons. The number of halogens is 1. The van der Waals surface area contributed by atoms with Gasteiger partial charge in [-0.25, -0.2) is 0 Å². The van der Waals surface area contributed by atoms with Crippen molar-refractivity contribution < 1.29 is 0 Å². The van der Waals surface area contributed by atoms with Crippen LogP contribution in [0, 0.1) is 11.8 Å². The van der Waals surface area contributed by atoms with Crippen molar-refractivity contribution >= 4 is 15.9 Å². The Bertz CT molecular complexity index is 421. The average Bonchev–Trinajstić information content (AvgIpc) is 3.27. The highest BCUT2D eigenvalue weighted by Crippen LogP contribution is 2.38. The lowest BCUT2D eigenvalue weighted by atomic mass is 9.98. The van der Waals surface area contributed by atoms with Crippen LogP contribution in [0.4, 0.5) is 0 Å². The van der Waals surface area contributed by atoms with Crippen LogP contribution in [-0.2, 0) is 0 Å². The molecule has 1 aromatic rings. The molecule has 20 heavy (non-hydrogen) atoms. The van der Waals surface area contributed by atoms with E-state index in [1.54, 1.807) is 0 Å². The largest absolute Gasteiger partial charge is 0.326 e. The molecule has 2 atom stereocenters. The van der Waals surface area contributed by atoms with Gasteiger partial charge in [-0.1, -0.05) is 28.1 Å². The summed E-state index contributed by atoms with van der Waals surface area (Å²) in [6.07, 6.45) is 5.64. The Morgan fingerprint density at radius 2 is 1.60 bits per heavy atom. The Morgan fingerprint density at radius 1 is 1.10 bits per heavy atom. The summed E-state index contributed by atoms with van der Waals surface area (Å²) in [6, 6.07) is 9.27. The summed E-state index contributed by atoms with van der Waals surface area (Å²) in [5, 5.41) is 0. The Morgan fingerprint density at radius 3 is 2.00 bits per heavy atom. The van der Waals surface area contributed by atoms with Crippen molar-refractivity contribution in [1.82, 2.24) is 4.90 Å². The second-order valence-electron chi connectivity index (χ2n) is 6.70. The van der Waals surface area contributed by atoms with E-state index in [4.69, 9.17) is 5.73 Å². The van der Waals surface area contributed by atoms with Crippen molar-refractivity contribution in [3.05, 3.63) is 34.3 Å². The first kappa shape index (κ1) is 14.6. The predicted molar refractivity (Wildman–Crippen MR) is 87.6 cm³/mol. The maximum absolute atomic E-state index is 6.35. The molecule has 0 saturated heterocycles. The number of nitrogens with zero attached hydrogens (tertiary/aromatic N) is 1. The molecule has 2 fully saturated rings. The van der Waals surface area contributed by atoms with Gasteiger partial charge in [0.25, 0.3) is 0 Å². The molecule has 0 bridgehead atoms. The van der Waals surface area contributed by atoms with Crippen molar-refractivity contribution in [3.63, 3.8) is 0 Å². The minimum Gasteiger partial charge on any atom is -0.326 e. The molecule has 2 N–H and O–H groups in total.